The zero-order chi connectivity index (χ0) is 44.7. The van der Waals surface area contributed by atoms with Gasteiger partial charge in [0.05, 0.1) is 5.69 Å². The van der Waals surface area contributed by atoms with Gasteiger partial charge in [-0.05, 0) is 12.1 Å². The highest BCUT2D eigenvalue weighted by atomic mass is 32.2. The van der Waals surface area contributed by atoms with E-state index in [2.05, 4.69) is 4.98 Å². The second-order valence-corrected chi connectivity index (χ2v) is 14.8. The third-order valence-corrected chi connectivity index (χ3v) is 9.85. The average Bonchev–Trinajstić information content (AvgIpc) is 3.77. The first kappa shape index (κ1) is 46.0. The van der Waals surface area contributed by atoms with Crippen molar-refractivity contribution in [1.82, 2.24) is 19.7 Å². The van der Waals surface area contributed by atoms with E-state index < -0.39 is 121 Å². The summed E-state index contributed by atoms with van der Waals surface area (Å²) in [4.78, 5) is 107. The van der Waals surface area contributed by atoms with Gasteiger partial charge in [-0.1, -0.05) is 30.0 Å². The lowest BCUT2D eigenvalue weighted by molar-refractivity contribution is -0.271. The van der Waals surface area contributed by atoms with Crippen LogP contribution in [0.15, 0.2) is 35.5 Å². The maximum atomic E-state index is 12.8. The molecule has 5 rings (SSSR count). The number of ether oxygens (including phenoxy) is 10. The number of nitrogens with zero attached hydrogens (tertiary/aromatic N) is 3. The monoisotopic (exact) mass is 876 g/mol. The molecule has 0 unspecified atom stereocenters. The number of H-pyrrole nitrogens is 1. The van der Waals surface area contributed by atoms with Crippen LogP contribution in [0.3, 0.4) is 0 Å². The summed E-state index contributed by atoms with van der Waals surface area (Å²) in [5, 5.41) is 5.38. The molecule has 3 aromatic rings. The Bertz CT molecular complexity index is 2120. The number of nitrogens with one attached hydrogen (secondary N) is 1. The summed E-state index contributed by atoms with van der Waals surface area (Å²) in [5.41, 5.74) is -0.367. The van der Waals surface area contributed by atoms with E-state index in [1.54, 1.807) is 12.1 Å². The van der Waals surface area contributed by atoms with Crippen molar-refractivity contribution in [1.29, 1.82) is 0 Å². The normalized spacial score (nSPS) is 26.0. The van der Waals surface area contributed by atoms with Crippen LogP contribution >= 0.6 is 11.8 Å². The highest BCUT2D eigenvalue weighted by Gasteiger charge is 2.56. The van der Waals surface area contributed by atoms with Crippen molar-refractivity contribution < 1.29 is 85.7 Å². The Hall–Kier alpha value is -6.07. The Morgan fingerprint density at radius 1 is 0.607 bits per heavy atom. The molecule has 2 aliphatic rings. The van der Waals surface area contributed by atoms with E-state index in [-0.39, 0.29) is 11.0 Å². The minimum Gasteiger partial charge on any atom is -0.463 e. The summed E-state index contributed by atoms with van der Waals surface area (Å²) in [7, 11) is 0. The maximum Gasteiger partial charge on any atom is 0.303 e. The molecule has 61 heavy (non-hydrogen) atoms. The zero-order valence-electron chi connectivity index (χ0n) is 34.2. The molecule has 2 fully saturated rings. The van der Waals surface area contributed by atoms with Gasteiger partial charge in [0.1, 0.15) is 25.4 Å². The first-order valence-corrected chi connectivity index (χ1v) is 19.5. The molecule has 0 spiro atoms. The molecule has 0 bridgehead atoms. The van der Waals surface area contributed by atoms with Gasteiger partial charge < -0.3 is 52.4 Å². The fourth-order valence-corrected chi connectivity index (χ4v) is 7.80. The first-order chi connectivity index (χ1) is 28.8. The van der Waals surface area contributed by atoms with E-state index >= 15 is 0 Å². The molecule has 4 heterocycles. The molecular weight excluding hydrogens is 832 g/mol. The summed E-state index contributed by atoms with van der Waals surface area (Å²) in [6, 6.07) is 9.00. The summed E-state index contributed by atoms with van der Waals surface area (Å²) in [6.07, 6.45) is -13.7. The number of hydrogen-bond acceptors (Lipinski definition) is 21. The molecule has 2 saturated heterocycles. The van der Waals surface area contributed by atoms with Crippen molar-refractivity contribution in [3.63, 3.8) is 0 Å². The third-order valence-electron chi connectivity index (χ3n) is 8.75. The van der Waals surface area contributed by atoms with Crippen LogP contribution < -0.4 is 0 Å². The number of rotatable bonds is 14. The molecule has 2 aromatic heterocycles. The zero-order valence-corrected chi connectivity index (χ0v) is 35.0. The molecule has 330 valence electrons. The Labute approximate surface area is 351 Å². The highest BCUT2D eigenvalue weighted by molar-refractivity contribution is 7.99. The Morgan fingerprint density at radius 3 is 1.57 bits per heavy atom. The Morgan fingerprint density at radius 2 is 1.07 bits per heavy atom. The number of thioether (sulfide) groups is 1. The van der Waals surface area contributed by atoms with Gasteiger partial charge in [0.2, 0.25) is 0 Å². The highest BCUT2D eigenvalue weighted by Crippen LogP contribution is 2.41. The van der Waals surface area contributed by atoms with Crippen molar-refractivity contribution >= 4 is 70.4 Å². The number of aromatic nitrogens is 4. The number of para-hydroxylation sites is 1. The van der Waals surface area contributed by atoms with E-state index in [0.717, 1.165) is 77.2 Å². The number of esters is 8. The van der Waals surface area contributed by atoms with Crippen LogP contribution in [0, 0.1) is 0 Å². The molecule has 0 aliphatic carbocycles. The van der Waals surface area contributed by atoms with Crippen molar-refractivity contribution in [3.05, 3.63) is 30.3 Å². The predicted octanol–water partition coefficient (Wildman–Crippen LogP) is 1.86. The quantitative estimate of drug-likeness (QED) is 0.179. The van der Waals surface area contributed by atoms with Crippen LogP contribution in [-0.2, 0) is 85.7 Å². The van der Waals surface area contributed by atoms with Crippen molar-refractivity contribution in [2.75, 3.05) is 13.2 Å². The number of aromatic amines is 1. The van der Waals surface area contributed by atoms with E-state index in [0.29, 0.717) is 11.2 Å². The van der Waals surface area contributed by atoms with Gasteiger partial charge in [-0.3, -0.25) is 38.4 Å². The topological polar surface area (TPSA) is 275 Å². The van der Waals surface area contributed by atoms with Gasteiger partial charge in [0.25, 0.3) is 0 Å². The fourth-order valence-electron chi connectivity index (χ4n) is 6.65. The maximum absolute atomic E-state index is 12.8. The van der Waals surface area contributed by atoms with Crippen LogP contribution in [0.25, 0.3) is 22.4 Å². The lowest BCUT2D eigenvalue weighted by Crippen LogP contribution is -2.61. The molecule has 2 aliphatic heterocycles. The third kappa shape index (κ3) is 11.8. The molecule has 0 amide bonds. The van der Waals surface area contributed by atoms with E-state index in [4.69, 9.17) is 57.5 Å². The molecular formula is C38H44N4O18S. The average molecular weight is 877 g/mol. The van der Waals surface area contributed by atoms with Crippen molar-refractivity contribution in [2.45, 2.75) is 121 Å². The standard InChI is InChI=1S/C38H44N4O18S/c1-16(43)51-14-27-29(53-18(3)45)31(55-20(5)47)33(57-22(7)49)36(59-27)42-38(40-35(41-42)26-13-24-11-9-10-12-25(24)39-26)61-37-34(58-23(8)50)32(56-21(6)48)30(54-19(4)46)28(60-37)15-52-17(2)44/h9-13,27-34,36-37,39H,14-15H2,1-8H3/t27-,28-,29-,30-,31+,32+,33-,34-,36-,37+/m1/s1. The number of carbonyl (C=O) groups is 8. The second-order valence-electron chi connectivity index (χ2n) is 13.7. The molecule has 23 heteroatoms. The molecule has 22 nitrogen and oxygen atoms in total. The van der Waals surface area contributed by atoms with Gasteiger partial charge in [0.15, 0.2) is 59.3 Å². The van der Waals surface area contributed by atoms with Gasteiger partial charge in [0, 0.05) is 66.3 Å². The molecule has 0 radical (unpaired) electrons. The minimum absolute atomic E-state index is 0.0113. The van der Waals surface area contributed by atoms with E-state index in [1.165, 1.54) is 0 Å². The summed E-state index contributed by atoms with van der Waals surface area (Å²) in [5.74, 6) is -6.64. The molecule has 1 N–H and O–H groups in total. The minimum atomic E-state index is -1.65. The largest absolute Gasteiger partial charge is 0.463 e. The van der Waals surface area contributed by atoms with Gasteiger partial charge in [-0.15, -0.1) is 5.10 Å². The van der Waals surface area contributed by atoms with Gasteiger partial charge in [-0.25, -0.2) is 4.68 Å². The Kier molecular flexibility index (Phi) is 15.1. The summed E-state index contributed by atoms with van der Waals surface area (Å²) < 4.78 is 58.0. The summed E-state index contributed by atoms with van der Waals surface area (Å²) >= 11 is 0.719. The molecule has 1 aromatic carbocycles. The lowest BCUT2D eigenvalue weighted by Gasteiger charge is -2.45. The number of carbonyl (C=O) groups excluding carboxylic acids is 8. The number of fused-ring (bicyclic) bond motifs is 1. The number of hydrogen-bond donors (Lipinski definition) is 1. The van der Waals surface area contributed by atoms with Crippen molar-refractivity contribution in [3.8, 4) is 11.5 Å². The van der Waals surface area contributed by atoms with Gasteiger partial charge in [-0.2, -0.15) is 4.98 Å². The van der Waals surface area contributed by atoms with Crippen LogP contribution in [0.1, 0.15) is 61.6 Å². The Balaban J connectivity index is 1.72. The van der Waals surface area contributed by atoms with Gasteiger partial charge >= 0.3 is 47.8 Å². The lowest BCUT2D eigenvalue weighted by atomic mass is 9.97. The predicted molar refractivity (Wildman–Crippen MR) is 202 cm³/mol. The fraction of sp³-hybridized carbons (Fsp3) is 0.526. The van der Waals surface area contributed by atoms with Crippen molar-refractivity contribution in [2.24, 2.45) is 0 Å². The SMILES string of the molecule is CC(=O)OC[C@H]1O[C@@H](n2nc(-c3cc4ccccc4[nH]3)nc2S[C@@H]2O[C@H](COC(C)=O)[C@@H](OC(C)=O)[C@H](OC(C)=O)[C@H]2OC(C)=O)[C@H](OC(C)=O)[C@@H](OC(C)=O)[C@@H]1OC(C)=O. The smallest absolute Gasteiger partial charge is 0.303 e. The van der Waals surface area contributed by atoms with Crippen LogP contribution in [-0.4, -0.2) is 135 Å². The first-order valence-electron chi connectivity index (χ1n) is 18.6. The number of benzene rings is 1. The van der Waals surface area contributed by atoms with Crippen LogP contribution in [0.4, 0.5) is 0 Å². The molecule has 10 atom stereocenters. The molecule has 0 saturated carbocycles. The van der Waals surface area contributed by atoms with Crippen LogP contribution in [0.5, 0.6) is 0 Å². The second kappa shape index (κ2) is 20.0. The summed E-state index contributed by atoms with van der Waals surface area (Å²) in [6.45, 7) is 7.61. The van der Waals surface area contributed by atoms with E-state index in [1.807, 2.05) is 18.2 Å². The van der Waals surface area contributed by atoms with E-state index in [9.17, 15) is 38.4 Å². The van der Waals surface area contributed by atoms with Crippen LogP contribution in [0.2, 0.25) is 0 Å².